The van der Waals surface area contributed by atoms with Gasteiger partial charge in [0.05, 0.1) is 6.04 Å². The molecule has 0 spiro atoms. The van der Waals surface area contributed by atoms with Crippen LogP contribution in [-0.4, -0.2) is 87.1 Å². The Labute approximate surface area is 296 Å². The number of carbonyl (C=O) groups is 4. The molecule has 2 fully saturated rings. The number of aromatic nitrogens is 3. The Balaban J connectivity index is 1.48. The summed E-state index contributed by atoms with van der Waals surface area (Å²) in [5.74, 6) is 0.516. The minimum atomic E-state index is -0.740. The van der Waals surface area contributed by atoms with Crippen molar-refractivity contribution in [1.29, 1.82) is 0 Å². The lowest BCUT2D eigenvalue weighted by Gasteiger charge is -2.36. The van der Waals surface area contributed by atoms with Gasteiger partial charge in [-0.05, 0) is 63.1 Å². The highest BCUT2D eigenvalue weighted by Crippen LogP contribution is 2.38. The monoisotopic (exact) mass is 696 g/mol. The Hall–Kier alpha value is -3.25. The lowest BCUT2D eigenvalue weighted by molar-refractivity contribution is -0.149. The highest BCUT2D eigenvalue weighted by atomic mass is 32.1. The number of nitrogens with one attached hydrogen (secondary N) is 1. The van der Waals surface area contributed by atoms with Crippen molar-refractivity contribution >= 4 is 34.9 Å². The van der Waals surface area contributed by atoms with Crippen molar-refractivity contribution in [1.82, 2.24) is 30.1 Å². The molecule has 3 heterocycles. The van der Waals surface area contributed by atoms with E-state index < -0.39 is 12.1 Å². The van der Waals surface area contributed by atoms with Crippen LogP contribution in [0.1, 0.15) is 120 Å². The third-order valence-electron chi connectivity index (χ3n) is 9.80. The molecule has 0 radical (unpaired) electrons. The minimum Gasteiger partial charge on any atom is -0.455 e. The van der Waals surface area contributed by atoms with Crippen molar-refractivity contribution in [2.24, 2.45) is 23.7 Å². The summed E-state index contributed by atoms with van der Waals surface area (Å²) >= 11 is 1.27. The van der Waals surface area contributed by atoms with E-state index >= 15 is 0 Å². The van der Waals surface area contributed by atoms with Gasteiger partial charge < -0.3 is 15.0 Å². The normalized spacial score (nSPS) is 19.2. The fourth-order valence-corrected chi connectivity index (χ4v) is 7.89. The topological polar surface area (TPSA) is 135 Å². The molecule has 11 nitrogen and oxygen atoms in total. The summed E-state index contributed by atoms with van der Waals surface area (Å²) in [5, 5.41) is 5.30. The molecule has 2 aromatic heterocycles. The van der Waals surface area contributed by atoms with Crippen LogP contribution in [0, 0.1) is 23.7 Å². The molecule has 49 heavy (non-hydrogen) atoms. The largest absolute Gasteiger partial charge is 0.455 e. The molecule has 2 aromatic rings. The van der Waals surface area contributed by atoms with Crippen LogP contribution < -0.4 is 5.32 Å². The molecule has 2 aliphatic rings. The predicted molar refractivity (Wildman–Crippen MR) is 190 cm³/mol. The maximum absolute atomic E-state index is 14.2. The number of thiazole rings is 1. The Morgan fingerprint density at radius 1 is 1.06 bits per heavy atom. The van der Waals surface area contributed by atoms with Crippen LogP contribution in [0.15, 0.2) is 23.8 Å². The number of ether oxygens (including phenoxy) is 1. The number of likely N-dealkylation sites (tertiary alicyclic amines) is 1. The Kier molecular flexibility index (Phi) is 14.3. The summed E-state index contributed by atoms with van der Waals surface area (Å²) in [5.41, 5.74) is 0.251. The summed E-state index contributed by atoms with van der Waals surface area (Å²) in [6.07, 6.45) is 10.4. The van der Waals surface area contributed by atoms with Gasteiger partial charge in [-0.2, -0.15) is 0 Å². The number of ketones is 1. The SMILES string of the molecule is CC(=O)O[C@H](C[C@H](C(C)C)N(C)C(=O)[C@@H](CC(=O)[C@H]1CCCCN1C)CC1CC1)c1nc(C(=O)N[C@@H](Cc2ncccn2)CC(C)C)cs1. The molecule has 2 amide bonds. The van der Waals surface area contributed by atoms with Gasteiger partial charge in [0.1, 0.15) is 16.5 Å². The number of esters is 1. The van der Waals surface area contributed by atoms with E-state index in [9.17, 15) is 19.2 Å². The van der Waals surface area contributed by atoms with Crippen molar-refractivity contribution in [2.75, 3.05) is 20.6 Å². The first-order chi connectivity index (χ1) is 23.3. The van der Waals surface area contributed by atoms with Crippen LogP contribution in [0.25, 0.3) is 0 Å². The average molecular weight is 697 g/mol. The number of hydrogen-bond donors (Lipinski definition) is 1. The van der Waals surface area contributed by atoms with Gasteiger partial charge in [-0.3, -0.25) is 24.1 Å². The van der Waals surface area contributed by atoms with Crippen molar-refractivity contribution < 1.29 is 23.9 Å². The second-order valence-corrected chi connectivity index (χ2v) is 15.8. The zero-order valence-corrected chi connectivity index (χ0v) is 31.2. The molecule has 1 aliphatic carbocycles. The fourth-order valence-electron chi connectivity index (χ4n) is 7.05. The number of hydrogen-bond acceptors (Lipinski definition) is 10. The van der Waals surface area contributed by atoms with Crippen molar-refractivity contribution in [3.05, 3.63) is 40.4 Å². The summed E-state index contributed by atoms with van der Waals surface area (Å²) in [6.45, 7) is 10.6. The van der Waals surface area contributed by atoms with E-state index in [1.807, 2.05) is 20.9 Å². The molecule has 5 atom stereocenters. The third kappa shape index (κ3) is 11.7. The maximum atomic E-state index is 14.2. The smallest absolute Gasteiger partial charge is 0.303 e. The average Bonchev–Trinajstić information content (AvgIpc) is 3.72. The molecule has 1 aliphatic heterocycles. The van der Waals surface area contributed by atoms with Crippen LogP contribution in [0.3, 0.4) is 0 Å². The van der Waals surface area contributed by atoms with Crippen molar-refractivity contribution in [2.45, 2.75) is 123 Å². The number of amides is 2. The van der Waals surface area contributed by atoms with Gasteiger partial charge in [-0.15, -0.1) is 11.3 Å². The number of nitrogens with zero attached hydrogens (tertiary/aromatic N) is 5. The lowest BCUT2D eigenvalue weighted by atomic mass is 9.88. The first kappa shape index (κ1) is 38.6. The molecule has 12 heteroatoms. The van der Waals surface area contributed by atoms with Crippen LogP contribution in [0.5, 0.6) is 0 Å². The Bertz CT molecular complexity index is 1400. The van der Waals surface area contributed by atoms with E-state index in [1.165, 1.54) is 18.3 Å². The van der Waals surface area contributed by atoms with Gasteiger partial charge in [-0.1, -0.05) is 47.0 Å². The summed E-state index contributed by atoms with van der Waals surface area (Å²) in [6, 6.07) is 1.18. The highest BCUT2D eigenvalue weighted by Gasteiger charge is 2.38. The number of carbonyl (C=O) groups excluding carboxylic acids is 4. The molecule has 0 bridgehead atoms. The van der Waals surface area contributed by atoms with Gasteiger partial charge >= 0.3 is 5.97 Å². The number of rotatable bonds is 18. The van der Waals surface area contributed by atoms with Gasteiger partial charge in [0.25, 0.3) is 5.91 Å². The van der Waals surface area contributed by atoms with Crippen LogP contribution in [-0.2, 0) is 25.5 Å². The number of likely N-dealkylation sites (N-methyl/N-ethyl adjacent to an activating group) is 1. The van der Waals surface area contributed by atoms with Crippen LogP contribution in [0.2, 0.25) is 0 Å². The number of Topliss-reactive ketones (excluding diaryl/α,β-unsaturated/α-hetero) is 1. The van der Waals surface area contributed by atoms with Crippen LogP contribution in [0.4, 0.5) is 0 Å². The molecular weight excluding hydrogens is 641 g/mol. The zero-order chi connectivity index (χ0) is 35.7. The van der Waals surface area contributed by atoms with Gasteiger partial charge in [-0.25, -0.2) is 15.0 Å². The molecule has 1 N–H and O–H groups in total. The molecular formula is C37H56N6O5S. The molecule has 0 unspecified atom stereocenters. The van der Waals surface area contributed by atoms with Gasteiger partial charge in [0.15, 0.2) is 11.9 Å². The lowest BCUT2D eigenvalue weighted by Crippen LogP contribution is -2.47. The quantitative estimate of drug-likeness (QED) is 0.196. The molecule has 4 rings (SSSR count). The fraction of sp³-hybridized carbons (Fsp3) is 0.703. The Morgan fingerprint density at radius 3 is 2.39 bits per heavy atom. The number of piperidine rings is 1. The molecule has 1 saturated carbocycles. The zero-order valence-electron chi connectivity index (χ0n) is 30.4. The Morgan fingerprint density at radius 2 is 1.78 bits per heavy atom. The predicted octanol–water partition coefficient (Wildman–Crippen LogP) is 5.66. The maximum Gasteiger partial charge on any atom is 0.303 e. The standard InChI is InChI=1S/C37H56N6O5S/c1-23(2)17-28(20-34-38-14-10-15-39-34)40-35(46)29-22-49-36(41-29)33(48-25(5)44)21-31(24(3)4)43(7)37(47)27(18-26-12-13-26)19-32(45)30-11-8-9-16-42(30)6/h10,14-15,22-24,26-28,30-31,33H,8-9,11-13,16-21H2,1-7H3,(H,40,46)/t27-,28-,30-,31-,33-/m1/s1. The minimum absolute atomic E-state index is 0.0308. The molecule has 1 saturated heterocycles. The molecule has 270 valence electrons. The second-order valence-electron chi connectivity index (χ2n) is 14.9. The van der Waals surface area contributed by atoms with E-state index in [-0.39, 0.29) is 59.7 Å². The molecule has 0 aromatic carbocycles. The summed E-state index contributed by atoms with van der Waals surface area (Å²) in [4.78, 5) is 70.6. The second kappa shape index (κ2) is 18.1. The van der Waals surface area contributed by atoms with Gasteiger partial charge in [0.2, 0.25) is 5.91 Å². The van der Waals surface area contributed by atoms with E-state index in [0.717, 1.165) is 51.5 Å². The van der Waals surface area contributed by atoms with Crippen molar-refractivity contribution in [3.63, 3.8) is 0 Å². The van der Waals surface area contributed by atoms with Gasteiger partial charge in [0, 0.05) is 69.0 Å². The third-order valence-corrected chi connectivity index (χ3v) is 10.7. The highest BCUT2D eigenvalue weighted by molar-refractivity contribution is 7.09. The first-order valence-corrected chi connectivity index (χ1v) is 18.9. The van der Waals surface area contributed by atoms with E-state index in [1.54, 1.807) is 35.8 Å². The van der Waals surface area contributed by atoms with E-state index in [4.69, 9.17) is 4.74 Å². The summed E-state index contributed by atoms with van der Waals surface area (Å²) < 4.78 is 5.81. The van der Waals surface area contributed by atoms with E-state index in [2.05, 4.69) is 39.0 Å². The van der Waals surface area contributed by atoms with E-state index in [0.29, 0.717) is 35.5 Å². The summed E-state index contributed by atoms with van der Waals surface area (Å²) in [7, 11) is 3.81. The first-order valence-electron chi connectivity index (χ1n) is 18.0. The van der Waals surface area contributed by atoms with Crippen LogP contribution >= 0.6 is 11.3 Å². The van der Waals surface area contributed by atoms with Crippen molar-refractivity contribution in [3.8, 4) is 0 Å².